The van der Waals surface area contributed by atoms with E-state index in [-0.39, 0.29) is 23.6 Å². The van der Waals surface area contributed by atoms with Crippen LogP contribution in [0.25, 0.3) is 0 Å². The van der Waals surface area contributed by atoms with Crippen LogP contribution in [0.3, 0.4) is 0 Å². The zero-order valence-electron chi connectivity index (χ0n) is 10.9. The zero-order valence-corrected chi connectivity index (χ0v) is 11.8. The first-order chi connectivity index (χ1) is 9.45. The average Bonchev–Trinajstić information content (AvgIpc) is 2.47. The third kappa shape index (κ3) is 2.83. The highest BCUT2D eigenvalue weighted by Crippen LogP contribution is 2.22. The van der Waals surface area contributed by atoms with Gasteiger partial charge in [0.25, 0.3) is 0 Å². The van der Waals surface area contributed by atoms with Crippen LogP contribution in [0.4, 0.5) is 0 Å². The first-order valence-electron chi connectivity index (χ1n) is 6.01. The van der Waals surface area contributed by atoms with E-state index >= 15 is 0 Å². The van der Waals surface area contributed by atoms with Gasteiger partial charge in [-0.1, -0.05) is 6.08 Å². The van der Waals surface area contributed by atoms with Crippen molar-refractivity contribution in [1.82, 2.24) is 4.31 Å². The summed E-state index contributed by atoms with van der Waals surface area (Å²) in [4.78, 5) is 11.1. The molecule has 6 nitrogen and oxygen atoms in total. The molecule has 1 aliphatic rings. The van der Waals surface area contributed by atoms with E-state index in [4.69, 9.17) is 9.84 Å². The highest BCUT2D eigenvalue weighted by molar-refractivity contribution is 7.89. The maximum absolute atomic E-state index is 12.4. The van der Waals surface area contributed by atoms with Crippen molar-refractivity contribution in [3.8, 4) is 5.75 Å². The van der Waals surface area contributed by atoms with E-state index in [2.05, 4.69) is 0 Å². The SMILES string of the molecule is COc1ccc(S(=O)(=O)N2CCC=C(C(=O)O)C2)cc1. The molecule has 2 rings (SSSR count). The Balaban J connectivity index is 2.26. The second-order valence-electron chi connectivity index (χ2n) is 4.34. The number of methoxy groups -OCH3 is 1. The fourth-order valence-electron chi connectivity index (χ4n) is 1.97. The van der Waals surface area contributed by atoms with Crippen molar-refractivity contribution in [2.24, 2.45) is 0 Å². The van der Waals surface area contributed by atoms with Gasteiger partial charge in [0.2, 0.25) is 10.0 Å². The van der Waals surface area contributed by atoms with Gasteiger partial charge in [-0.25, -0.2) is 13.2 Å². The van der Waals surface area contributed by atoms with Crippen molar-refractivity contribution in [2.45, 2.75) is 11.3 Å². The molecule has 0 unspecified atom stereocenters. The molecule has 1 aromatic rings. The number of aliphatic carboxylic acids is 1. The van der Waals surface area contributed by atoms with E-state index in [1.54, 1.807) is 18.2 Å². The normalized spacial score (nSPS) is 16.6. The van der Waals surface area contributed by atoms with Crippen molar-refractivity contribution < 1.29 is 23.1 Å². The minimum absolute atomic E-state index is 0.105. The largest absolute Gasteiger partial charge is 0.497 e. The molecule has 108 valence electrons. The molecule has 7 heteroatoms. The van der Waals surface area contributed by atoms with Crippen molar-refractivity contribution in [1.29, 1.82) is 0 Å². The Hall–Kier alpha value is -1.86. The lowest BCUT2D eigenvalue weighted by Crippen LogP contribution is -2.37. The van der Waals surface area contributed by atoms with E-state index in [0.717, 1.165) is 0 Å². The number of sulfonamides is 1. The van der Waals surface area contributed by atoms with Crippen molar-refractivity contribution >= 4 is 16.0 Å². The minimum atomic E-state index is -3.68. The molecule has 0 spiro atoms. The predicted molar refractivity (Wildman–Crippen MR) is 72.1 cm³/mol. The molecule has 0 saturated carbocycles. The summed E-state index contributed by atoms with van der Waals surface area (Å²) in [6.45, 7) is 0.175. The lowest BCUT2D eigenvalue weighted by atomic mass is 10.1. The number of benzene rings is 1. The Bertz CT molecular complexity index is 633. The highest BCUT2D eigenvalue weighted by Gasteiger charge is 2.28. The number of rotatable bonds is 4. The van der Waals surface area contributed by atoms with Crippen molar-refractivity contribution in [3.05, 3.63) is 35.9 Å². The monoisotopic (exact) mass is 297 g/mol. The van der Waals surface area contributed by atoms with Crippen molar-refractivity contribution in [3.63, 3.8) is 0 Å². The lowest BCUT2D eigenvalue weighted by Gasteiger charge is -2.25. The van der Waals surface area contributed by atoms with Crippen LogP contribution in [0, 0.1) is 0 Å². The minimum Gasteiger partial charge on any atom is -0.497 e. The van der Waals surface area contributed by atoms with Crippen molar-refractivity contribution in [2.75, 3.05) is 20.2 Å². The van der Waals surface area contributed by atoms with E-state index < -0.39 is 16.0 Å². The molecule has 20 heavy (non-hydrogen) atoms. The van der Waals surface area contributed by atoms with Crippen LogP contribution in [-0.2, 0) is 14.8 Å². The third-order valence-corrected chi connectivity index (χ3v) is 4.95. The molecule has 0 saturated heterocycles. The number of carbonyl (C=O) groups is 1. The molecule has 0 atom stereocenters. The summed E-state index contributed by atoms with van der Waals surface area (Å²) in [7, 11) is -2.18. The summed E-state index contributed by atoms with van der Waals surface area (Å²) in [5.74, 6) is -0.520. The summed E-state index contributed by atoms with van der Waals surface area (Å²) in [6, 6.07) is 6.02. The van der Waals surface area contributed by atoms with Gasteiger partial charge < -0.3 is 9.84 Å². The average molecular weight is 297 g/mol. The van der Waals surface area contributed by atoms with Crippen LogP contribution in [-0.4, -0.2) is 44.0 Å². The van der Waals surface area contributed by atoms with Gasteiger partial charge in [-0.3, -0.25) is 0 Å². The van der Waals surface area contributed by atoms with Gasteiger partial charge in [0.1, 0.15) is 5.75 Å². The lowest BCUT2D eigenvalue weighted by molar-refractivity contribution is -0.132. The van der Waals surface area contributed by atoms with Gasteiger partial charge in [-0.05, 0) is 30.7 Å². The van der Waals surface area contributed by atoms with Crippen LogP contribution in [0.2, 0.25) is 0 Å². The van der Waals surface area contributed by atoms with Gasteiger partial charge in [0.05, 0.1) is 12.0 Å². The molecular formula is C13H15NO5S. The van der Waals surface area contributed by atoms with Gasteiger partial charge in [0, 0.05) is 18.7 Å². The molecule has 0 fully saturated rings. The predicted octanol–water partition coefficient (Wildman–Crippen LogP) is 1.10. The second-order valence-corrected chi connectivity index (χ2v) is 6.28. The quantitative estimate of drug-likeness (QED) is 0.899. The summed E-state index contributed by atoms with van der Waals surface area (Å²) in [5.41, 5.74) is 0.105. The molecule has 0 amide bonds. The molecule has 1 heterocycles. The number of hydrogen-bond acceptors (Lipinski definition) is 4. The Morgan fingerprint density at radius 2 is 1.95 bits per heavy atom. The van der Waals surface area contributed by atoms with Crippen LogP contribution in [0.5, 0.6) is 5.75 Å². The zero-order chi connectivity index (χ0) is 14.8. The molecule has 0 radical (unpaired) electrons. The first kappa shape index (κ1) is 14.5. The number of carboxylic acids is 1. The Morgan fingerprint density at radius 1 is 1.30 bits per heavy atom. The van der Waals surface area contributed by atoms with Gasteiger partial charge in [-0.15, -0.1) is 0 Å². The van der Waals surface area contributed by atoms with Gasteiger partial charge in [-0.2, -0.15) is 4.31 Å². The van der Waals surface area contributed by atoms with Crippen LogP contribution in [0.15, 0.2) is 40.8 Å². The Morgan fingerprint density at radius 3 is 2.50 bits per heavy atom. The maximum atomic E-state index is 12.4. The Labute approximate surface area is 117 Å². The van der Waals surface area contributed by atoms with Gasteiger partial charge >= 0.3 is 5.97 Å². The Kier molecular flexibility index (Phi) is 4.10. The van der Waals surface area contributed by atoms with Crippen LogP contribution >= 0.6 is 0 Å². The standard InChI is InChI=1S/C13H15NO5S/c1-19-11-4-6-12(7-5-11)20(17,18)14-8-2-3-10(9-14)13(15)16/h3-7H,2,8-9H2,1H3,(H,15,16). The molecule has 0 aromatic heterocycles. The number of nitrogens with zero attached hydrogens (tertiary/aromatic N) is 1. The number of carboxylic acid groups (broad SMARTS) is 1. The van der Waals surface area contributed by atoms with Crippen LogP contribution in [0.1, 0.15) is 6.42 Å². The van der Waals surface area contributed by atoms with E-state index in [1.165, 1.54) is 23.5 Å². The van der Waals surface area contributed by atoms with E-state index in [1.807, 2.05) is 0 Å². The number of hydrogen-bond donors (Lipinski definition) is 1. The molecular weight excluding hydrogens is 282 g/mol. The maximum Gasteiger partial charge on any atom is 0.332 e. The summed E-state index contributed by atoms with van der Waals surface area (Å²) in [6.07, 6.45) is 1.96. The number of ether oxygens (including phenoxy) is 1. The molecule has 1 aliphatic heterocycles. The molecule has 0 bridgehead atoms. The fraction of sp³-hybridized carbons (Fsp3) is 0.308. The summed E-state index contributed by atoms with van der Waals surface area (Å²) in [5, 5.41) is 8.95. The molecule has 0 aliphatic carbocycles. The van der Waals surface area contributed by atoms with E-state index in [0.29, 0.717) is 12.2 Å². The molecule has 1 N–H and O–H groups in total. The summed E-state index contributed by atoms with van der Waals surface area (Å²) < 4.78 is 31.0. The molecule has 1 aromatic carbocycles. The summed E-state index contributed by atoms with van der Waals surface area (Å²) >= 11 is 0. The van der Waals surface area contributed by atoms with E-state index in [9.17, 15) is 13.2 Å². The topological polar surface area (TPSA) is 83.9 Å². The highest BCUT2D eigenvalue weighted by atomic mass is 32.2. The first-order valence-corrected chi connectivity index (χ1v) is 7.45. The smallest absolute Gasteiger partial charge is 0.332 e. The second kappa shape index (κ2) is 5.64. The van der Waals surface area contributed by atoms with Gasteiger partial charge in [0.15, 0.2) is 0 Å². The van der Waals surface area contributed by atoms with Crippen LogP contribution < -0.4 is 4.74 Å². The fourth-order valence-corrected chi connectivity index (χ4v) is 3.41. The third-order valence-electron chi connectivity index (χ3n) is 3.09.